The van der Waals surface area contributed by atoms with Gasteiger partial charge in [-0.1, -0.05) is 42.5 Å². The summed E-state index contributed by atoms with van der Waals surface area (Å²) in [7, 11) is 1.54. The van der Waals surface area contributed by atoms with E-state index < -0.39 is 0 Å². The summed E-state index contributed by atoms with van der Waals surface area (Å²) in [5, 5.41) is 5.81. The van der Waals surface area contributed by atoms with E-state index in [9.17, 15) is 9.59 Å². The highest BCUT2D eigenvalue weighted by Gasteiger charge is 2.21. The highest BCUT2D eigenvalue weighted by molar-refractivity contribution is 6.05. The van der Waals surface area contributed by atoms with E-state index >= 15 is 0 Å². The number of hydrogen-bond donors (Lipinski definition) is 2. The van der Waals surface area contributed by atoms with Crippen molar-refractivity contribution in [3.63, 3.8) is 0 Å². The number of nitrogens with one attached hydrogen (secondary N) is 2. The molecule has 4 rings (SSSR count). The molecular formula is C27H29N3O4. The third kappa shape index (κ3) is 5.81. The Bertz CT molecular complexity index is 1130. The van der Waals surface area contributed by atoms with Crippen molar-refractivity contribution in [2.24, 2.45) is 0 Å². The number of ether oxygens (including phenoxy) is 2. The summed E-state index contributed by atoms with van der Waals surface area (Å²) < 4.78 is 10.8. The van der Waals surface area contributed by atoms with Gasteiger partial charge in [-0.2, -0.15) is 0 Å². The van der Waals surface area contributed by atoms with Crippen LogP contribution in [-0.4, -0.2) is 56.2 Å². The quantitative estimate of drug-likeness (QED) is 0.552. The average Bonchev–Trinajstić information content (AvgIpc) is 2.86. The van der Waals surface area contributed by atoms with Crippen molar-refractivity contribution in [2.45, 2.75) is 13.0 Å². The van der Waals surface area contributed by atoms with Gasteiger partial charge in [0.05, 0.1) is 32.6 Å². The number of morpholine rings is 1. The highest BCUT2D eigenvalue weighted by atomic mass is 16.5. The maximum atomic E-state index is 12.8. The molecule has 0 radical (unpaired) electrons. The Hall–Kier alpha value is -3.68. The van der Waals surface area contributed by atoms with E-state index in [4.69, 9.17) is 9.47 Å². The number of amides is 2. The van der Waals surface area contributed by atoms with Crippen LogP contribution in [0.1, 0.15) is 17.3 Å². The Morgan fingerprint density at radius 3 is 2.44 bits per heavy atom. The SMILES string of the molecule is COc1ccc(NC(=O)c2ccc(-c3ccccc3)cc2)cc1NC(=O)CN1CCOC[C@@H]1C. The van der Waals surface area contributed by atoms with Crippen molar-refractivity contribution in [3.05, 3.63) is 78.4 Å². The fraction of sp³-hybridized carbons (Fsp3) is 0.259. The van der Waals surface area contributed by atoms with E-state index in [0.717, 1.165) is 11.1 Å². The number of anilines is 2. The molecule has 1 fully saturated rings. The lowest BCUT2D eigenvalue weighted by Crippen LogP contribution is -2.47. The molecule has 1 heterocycles. The fourth-order valence-electron chi connectivity index (χ4n) is 3.90. The molecule has 0 saturated carbocycles. The van der Waals surface area contributed by atoms with E-state index in [1.54, 1.807) is 37.4 Å². The van der Waals surface area contributed by atoms with E-state index in [1.807, 2.05) is 49.4 Å². The minimum Gasteiger partial charge on any atom is -0.495 e. The second-order valence-corrected chi connectivity index (χ2v) is 8.26. The Labute approximate surface area is 199 Å². The van der Waals surface area contributed by atoms with Crippen LogP contribution in [0.25, 0.3) is 11.1 Å². The third-order valence-corrected chi connectivity index (χ3v) is 5.84. The number of nitrogens with zero attached hydrogens (tertiary/aromatic N) is 1. The summed E-state index contributed by atoms with van der Waals surface area (Å²) in [5.41, 5.74) is 3.75. The van der Waals surface area contributed by atoms with Crippen LogP contribution in [0.5, 0.6) is 5.75 Å². The van der Waals surface area contributed by atoms with Crippen molar-refractivity contribution < 1.29 is 19.1 Å². The van der Waals surface area contributed by atoms with Crippen molar-refractivity contribution in [1.82, 2.24) is 4.90 Å². The molecule has 3 aromatic carbocycles. The minimum atomic E-state index is -0.232. The number of carbonyl (C=O) groups is 2. The number of benzene rings is 3. The molecule has 0 bridgehead atoms. The van der Waals surface area contributed by atoms with Crippen LogP contribution in [-0.2, 0) is 9.53 Å². The maximum absolute atomic E-state index is 12.8. The van der Waals surface area contributed by atoms with Gasteiger partial charge in [0.15, 0.2) is 0 Å². The Morgan fingerprint density at radius 1 is 1.00 bits per heavy atom. The summed E-state index contributed by atoms with van der Waals surface area (Å²) in [6.07, 6.45) is 0. The number of methoxy groups -OCH3 is 1. The molecule has 0 aromatic heterocycles. The topological polar surface area (TPSA) is 79.9 Å². The minimum absolute atomic E-state index is 0.146. The van der Waals surface area contributed by atoms with E-state index in [0.29, 0.717) is 42.4 Å². The Balaban J connectivity index is 1.42. The Morgan fingerprint density at radius 2 is 1.74 bits per heavy atom. The normalized spacial score (nSPS) is 16.0. The van der Waals surface area contributed by atoms with Gasteiger partial charge in [0.1, 0.15) is 5.75 Å². The van der Waals surface area contributed by atoms with Crippen LogP contribution in [0.2, 0.25) is 0 Å². The first kappa shape index (κ1) is 23.5. The molecule has 34 heavy (non-hydrogen) atoms. The van der Waals surface area contributed by atoms with E-state index in [1.165, 1.54) is 0 Å². The van der Waals surface area contributed by atoms with Gasteiger partial charge in [0.2, 0.25) is 5.91 Å². The predicted molar refractivity (Wildman–Crippen MR) is 133 cm³/mol. The lowest BCUT2D eigenvalue weighted by Gasteiger charge is -2.32. The van der Waals surface area contributed by atoms with Crippen molar-refractivity contribution in [3.8, 4) is 16.9 Å². The highest BCUT2D eigenvalue weighted by Crippen LogP contribution is 2.28. The monoisotopic (exact) mass is 459 g/mol. The zero-order valence-corrected chi connectivity index (χ0v) is 19.4. The van der Waals surface area contributed by atoms with Crippen LogP contribution in [0.4, 0.5) is 11.4 Å². The van der Waals surface area contributed by atoms with E-state index in [-0.39, 0.29) is 24.4 Å². The summed E-state index contributed by atoms with van der Waals surface area (Å²) in [5.74, 6) is 0.143. The van der Waals surface area contributed by atoms with Crippen molar-refractivity contribution in [2.75, 3.05) is 44.0 Å². The summed E-state index contributed by atoms with van der Waals surface area (Å²) in [6.45, 7) is 4.25. The zero-order chi connectivity index (χ0) is 23.9. The molecule has 0 aliphatic carbocycles. The Kier molecular flexibility index (Phi) is 7.57. The number of rotatable bonds is 7. The molecule has 7 nitrogen and oxygen atoms in total. The maximum Gasteiger partial charge on any atom is 0.255 e. The smallest absolute Gasteiger partial charge is 0.255 e. The lowest BCUT2D eigenvalue weighted by molar-refractivity contribution is -0.119. The zero-order valence-electron chi connectivity index (χ0n) is 19.4. The molecule has 1 atom stereocenters. The van der Waals surface area contributed by atoms with Crippen LogP contribution < -0.4 is 15.4 Å². The molecule has 3 aromatic rings. The second kappa shape index (κ2) is 11.0. The molecule has 176 valence electrons. The molecule has 2 amide bonds. The van der Waals surface area contributed by atoms with Gasteiger partial charge in [0.25, 0.3) is 5.91 Å². The van der Waals surface area contributed by atoms with Crippen LogP contribution >= 0.6 is 0 Å². The van der Waals surface area contributed by atoms with Crippen molar-refractivity contribution >= 4 is 23.2 Å². The predicted octanol–water partition coefficient (Wildman–Crippen LogP) is 4.27. The standard InChI is InChI=1S/C27H29N3O4/c1-19-18-34-15-14-30(19)17-26(31)29-24-16-23(12-13-25(24)33-2)28-27(32)22-10-8-21(9-11-22)20-6-4-3-5-7-20/h3-13,16,19H,14-15,17-18H2,1-2H3,(H,28,32)(H,29,31)/t19-/m0/s1. The molecule has 7 heteroatoms. The van der Waals surface area contributed by atoms with Gasteiger partial charge in [-0.3, -0.25) is 14.5 Å². The molecule has 2 N–H and O–H groups in total. The molecule has 1 aliphatic heterocycles. The summed E-state index contributed by atoms with van der Waals surface area (Å²) >= 11 is 0. The second-order valence-electron chi connectivity index (χ2n) is 8.26. The van der Waals surface area contributed by atoms with Gasteiger partial charge >= 0.3 is 0 Å². The van der Waals surface area contributed by atoms with Gasteiger partial charge in [0, 0.05) is 23.8 Å². The van der Waals surface area contributed by atoms with E-state index in [2.05, 4.69) is 15.5 Å². The van der Waals surface area contributed by atoms with Gasteiger partial charge in [-0.25, -0.2) is 0 Å². The van der Waals surface area contributed by atoms with Crippen LogP contribution in [0, 0.1) is 0 Å². The third-order valence-electron chi connectivity index (χ3n) is 5.84. The van der Waals surface area contributed by atoms with Gasteiger partial charge in [-0.15, -0.1) is 0 Å². The molecule has 0 unspecified atom stereocenters. The fourth-order valence-corrected chi connectivity index (χ4v) is 3.90. The molecule has 1 aliphatic rings. The molecule has 0 spiro atoms. The van der Waals surface area contributed by atoms with Gasteiger partial charge in [-0.05, 0) is 48.4 Å². The summed E-state index contributed by atoms with van der Waals surface area (Å²) in [6, 6.07) is 22.8. The van der Waals surface area contributed by atoms with Crippen LogP contribution in [0.3, 0.4) is 0 Å². The molecule has 1 saturated heterocycles. The summed E-state index contributed by atoms with van der Waals surface area (Å²) in [4.78, 5) is 27.5. The van der Waals surface area contributed by atoms with Crippen molar-refractivity contribution in [1.29, 1.82) is 0 Å². The average molecular weight is 460 g/mol. The van der Waals surface area contributed by atoms with Crippen LogP contribution in [0.15, 0.2) is 72.8 Å². The number of carbonyl (C=O) groups excluding carboxylic acids is 2. The lowest BCUT2D eigenvalue weighted by atomic mass is 10.0. The number of hydrogen-bond acceptors (Lipinski definition) is 5. The van der Waals surface area contributed by atoms with Gasteiger partial charge < -0.3 is 20.1 Å². The first-order valence-electron chi connectivity index (χ1n) is 11.3. The first-order valence-corrected chi connectivity index (χ1v) is 11.3. The molecular weight excluding hydrogens is 430 g/mol. The first-order chi connectivity index (χ1) is 16.5. The largest absolute Gasteiger partial charge is 0.495 e.